The molecule has 2 saturated carbocycles. The number of nitrogens with zero attached hydrogens (tertiary/aromatic N) is 2. The number of hydrogen-bond acceptors (Lipinski definition) is 2. The lowest BCUT2D eigenvalue weighted by Crippen LogP contribution is -2.68. The summed E-state index contributed by atoms with van der Waals surface area (Å²) in [6, 6.07) is 15.7. The molecule has 0 radical (unpaired) electrons. The largest absolute Gasteiger partial charge is 0.359 e. The molecule has 10 atom stereocenters. The SMILES string of the molecule is CC1CC(C)(c2ccc3c4c2=CCC2C=CC(C5=CC=C6C(C5)CC5(C)CCCCC5(C)N6C5=CC=C([Si](C)(C)C)CC5)C(=CC3)C=42)C=C2CC3(C)CCCCC3(C)N(c3ccc([Si](C)(C)C)cc3)C21. The summed E-state index contributed by atoms with van der Waals surface area (Å²) in [7, 11) is -2.71. The van der Waals surface area contributed by atoms with E-state index in [4.69, 9.17) is 0 Å². The number of hydrogen-bond donors (Lipinski definition) is 0. The minimum atomic E-state index is -1.40. The quantitative estimate of drug-likeness (QED) is 0.210. The van der Waals surface area contributed by atoms with Crippen molar-refractivity contribution in [1.29, 1.82) is 0 Å². The molecular formula is C66H88N2Si2. The molecule has 0 bridgehead atoms. The Balaban J connectivity index is 0.917. The molecular weight excluding hydrogens is 877 g/mol. The number of piperidine rings is 2. The van der Waals surface area contributed by atoms with Crippen LogP contribution in [0.25, 0.3) is 11.6 Å². The van der Waals surface area contributed by atoms with Gasteiger partial charge in [0.25, 0.3) is 0 Å². The summed E-state index contributed by atoms with van der Waals surface area (Å²) in [5, 5.41) is 6.51. The maximum absolute atomic E-state index is 3.00. The van der Waals surface area contributed by atoms with Gasteiger partial charge in [-0.15, -0.1) is 0 Å². The number of benzene rings is 2. The number of fused-ring (bicyclic) bond motifs is 4. The second kappa shape index (κ2) is 16.2. The van der Waals surface area contributed by atoms with E-state index in [1.165, 1.54) is 95.6 Å². The van der Waals surface area contributed by atoms with Gasteiger partial charge in [0.2, 0.25) is 0 Å². The molecule has 70 heavy (non-hydrogen) atoms. The van der Waals surface area contributed by atoms with Crippen LogP contribution in [0.15, 0.2) is 118 Å². The van der Waals surface area contributed by atoms with E-state index in [0.717, 1.165) is 12.8 Å². The summed E-state index contributed by atoms with van der Waals surface area (Å²) in [5.74, 6) is 1.97. The van der Waals surface area contributed by atoms with Crippen LogP contribution in [-0.4, -0.2) is 38.2 Å². The van der Waals surface area contributed by atoms with E-state index in [1.54, 1.807) is 65.6 Å². The average molecular weight is 966 g/mol. The van der Waals surface area contributed by atoms with E-state index in [9.17, 15) is 0 Å². The van der Waals surface area contributed by atoms with Crippen LogP contribution in [0.3, 0.4) is 0 Å². The van der Waals surface area contributed by atoms with E-state index < -0.39 is 16.1 Å². The van der Waals surface area contributed by atoms with Crippen LogP contribution < -0.4 is 20.5 Å². The second-order valence-corrected chi connectivity index (χ2v) is 38.5. The number of likely N-dealkylation sites (tertiary alicyclic amines) is 1. The molecule has 4 heteroatoms. The van der Waals surface area contributed by atoms with Gasteiger partial charge in [0, 0.05) is 51.3 Å². The Hall–Kier alpha value is -3.61. The highest BCUT2D eigenvalue weighted by Gasteiger charge is 2.60. The molecule has 0 amide bonds. The summed E-state index contributed by atoms with van der Waals surface area (Å²) < 4.78 is 0. The highest BCUT2D eigenvalue weighted by atomic mass is 28.3. The molecule has 370 valence electrons. The van der Waals surface area contributed by atoms with Crippen molar-refractivity contribution < 1.29 is 0 Å². The van der Waals surface area contributed by atoms with Gasteiger partial charge in [-0.25, -0.2) is 0 Å². The maximum Gasteiger partial charge on any atom is 0.0775 e. The smallest absolute Gasteiger partial charge is 0.0775 e. The molecule has 2 nitrogen and oxygen atoms in total. The van der Waals surface area contributed by atoms with Crippen LogP contribution in [0.5, 0.6) is 0 Å². The Morgan fingerprint density at radius 1 is 0.671 bits per heavy atom. The predicted octanol–water partition coefficient (Wildman–Crippen LogP) is 15.0. The zero-order valence-corrected chi connectivity index (χ0v) is 47.8. The molecule has 2 aromatic carbocycles. The second-order valence-electron chi connectivity index (χ2n) is 28.3. The van der Waals surface area contributed by atoms with Crippen LogP contribution >= 0.6 is 0 Å². The predicted molar refractivity (Wildman–Crippen MR) is 305 cm³/mol. The fourth-order valence-corrected chi connectivity index (χ4v) is 20.4. The summed E-state index contributed by atoms with van der Waals surface area (Å²) >= 11 is 0. The van der Waals surface area contributed by atoms with E-state index in [2.05, 4.69) is 182 Å². The molecule has 2 aromatic rings. The van der Waals surface area contributed by atoms with Crippen LogP contribution in [-0.2, 0) is 11.8 Å². The van der Waals surface area contributed by atoms with Gasteiger partial charge in [0.05, 0.1) is 22.2 Å². The monoisotopic (exact) mass is 965 g/mol. The van der Waals surface area contributed by atoms with Crippen molar-refractivity contribution in [1.82, 2.24) is 4.90 Å². The summed E-state index contributed by atoms with van der Waals surface area (Å²) in [5.41, 5.74) is 15.4. The van der Waals surface area contributed by atoms with Crippen LogP contribution in [0.2, 0.25) is 39.3 Å². The van der Waals surface area contributed by atoms with Crippen molar-refractivity contribution in [2.75, 3.05) is 4.90 Å². The molecule has 2 heterocycles. The topological polar surface area (TPSA) is 6.48 Å². The Labute approximate surface area is 426 Å². The fourth-order valence-electron chi connectivity index (χ4n) is 17.7. The molecule has 0 aromatic heterocycles. The highest BCUT2D eigenvalue weighted by Crippen LogP contribution is 2.63. The molecule has 10 unspecified atom stereocenters. The van der Waals surface area contributed by atoms with Gasteiger partial charge >= 0.3 is 0 Å². The lowest BCUT2D eigenvalue weighted by atomic mass is 9.53. The van der Waals surface area contributed by atoms with E-state index in [0.29, 0.717) is 35.1 Å². The Morgan fingerprint density at radius 2 is 1.40 bits per heavy atom. The van der Waals surface area contributed by atoms with Gasteiger partial charge in [-0.1, -0.05) is 181 Å². The van der Waals surface area contributed by atoms with E-state index in [1.807, 2.05) is 0 Å². The van der Waals surface area contributed by atoms with E-state index in [-0.39, 0.29) is 21.9 Å². The van der Waals surface area contributed by atoms with Gasteiger partial charge in [0.15, 0.2) is 0 Å². The average Bonchev–Trinajstić information content (AvgIpc) is 3.31. The van der Waals surface area contributed by atoms with Crippen molar-refractivity contribution in [3.05, 3.63) is 140 Å². The van der Waals surface area contributed by atoms with Gasteiger partial charge in [-0.05, 0) is 165 Å². The van der Waals surface area contributed by atoms with Crippen LogP contribution in [0.4, 0.5) is 5.69 Å². The van der Waals surface area contributed by atoms with Crippen molar-refractivity contribution in [3.8, 4) is 0 Å². The summed E-state index contributed by atoms with van der Waals surface area (Å²) in [6.07, 6.45) is 44.2. The molecule has 12 rings (SSSR count). The van der Waals surface area contributed by atoms with Crippen LogP contribution in [0, 0.1) is 34.5 Å². The lowest BCUT2D eigenvalue weighted by molar-refractivity contribution is -0.0620. The number of allylic oxidation sites excluding steroid dienone is 13. The Morgan fingerprint density at radius 3 is 2.11 bits per heavy atom. The molecule has 8 aliphatic carbocycles. The summed E-state index contributed by atoms with van der Waals surface area (Å²) in [6.45, 7) is 31.0. The zero-order chi connectivity index (χ0) is 49.0. The standard InChI is InChI=1S/C66H88N2Si2/c1-44-40-62(2,41-49-43-64(4)36-14-16-38-66(64,6)68(61(44)49)51-24-28-53(29-25-51)70(10,11)12)57-33-20-46-18-31-55-54(30-17-45-19-32-56(57)60(46)59(45)55)47-21-34-58-48(39-47)42-63(3)35-13-15-37-65(63,5)67(58)50-22-26-52(27-23-50)69(7,8)9/h17,20-22,24-26,28-34,41,44-45,48,54,61H,13-16,18-19,23,27,35-40,42-43H2,1-12H3. The number of rotatable bonds is 6. The van der Waals surface area contributed by atoms with E-state index >= 15 is 0 Å². The zero-order valence-electron chi connectivity index (χ0n) is 45.8. The Bertz CT molecular complexity index is 2890. The molecule has 2 aliphatic heterocycles. The minimum Gasteiger partial charge on any atom is -0.359 e. The van der Waals surface area contributed by atoms with Crippen molar-refractivity contribution in [3.63, 3.8) is 0 Å². The molecule has 2 saturated heterocycles. The van der Waals surface area contributed by atoms with Crippen molar-refractivity contribution in [2.24, 2.45) is 34.5 Å². The van der Waals surface area contributed by atoms with Gasteiger partial charge in [-0.2, -0.15) is 0 Å². The highest BCUT2D eigenvalue weighted by molar-refractivity contribution is 6.88. The van der Waals surface area contributed by atoms with Gasteiger partial charge in [0.1, 0.15) is 0 Å². The fraction of sp³-hybridized carbons (Fsp3) is 0.576. The lowest BCUT2D eigenvalue weighted by Gasteiger charge is -2.66. The first-order valence-corrected chi connectivity index (χ1v) is 35.6. The summed E-state index contributed by atoms with van der Waals surface area (Å²) in [4.78, 5) is 5.96. The number of anilines is 1. The Kier molecular flexibility index (Phi) is 11.0. The maximum atomic E-state index is 3.00. The first-order chi connectivity index (χ1) is 33.1. The molecule has 0 N–H and O–H groups in total. The van der Waals surface area contributed by atoms with Crippen molar-refractivity contribution in [2.45, 2.75) is 206 Å². The van der Waals surface area contributed by atoms with Gasteiger partial charge < -0.3 is 9.80 Å². The van der Waals surface area contributed by atoms with Crippen molar-refractivity contribution >= 4 is 38.7 Å². The minimum absolute atomic E-state index is 0.0135. The third-order valence-corrected chi connectivity index (χ3v) is 26.4. The molecule has 4 fully saturated rings. The third kappa shape index (κ3) is 7.06. The molecule has 10 aliphatic rings. The van der Waals surface area contributed by atoms with Crippen LogP contribution in [0.1, 0.15) is 149 Å². The first kappa shape index (κ1) is 47.4. The molecule has 0 spiro atoms. The van der Waals surface area contributed by atoms with Gasteiger partial charge in [-0.3, -0.25) is 0 Å². The first-order valence-electron chi connectivity index (χ1n) is 28.6. The third-order valence-electron chi connectivity index (χ3n) is 22.0. The normalized spacial score (nSPS) is 37.7.